The molecule has 0 radical (unpaired) electrons. The summed E-state index contributed by atoms with van der Waals surface area (Å²) in [6.45, 7) is 1.92. The van der Waals surface area contributed by atoms with Gasteiger partial charge in [0, 0.05) is 36.9 Å². The van der Waals surface area contributed by atoms with Crippen molar-refractivity contribution in [3.63, 3.8) is 0 Å². The minimum Gasteiger partial charge on any atom is -0.322 e. The van der Waals surface area contributed by atoms with Gasteiger partial charge in [-0.2, -0.15) is 0 Å². The lowest BCUT2D eigenvalue weighted by Gasteiger charge is -2.29. The molecule has 2 N–H and O–H groups in total. The molecule has 0 aliphatic carbocycles. The van der Waals surface area contributed by atoms with E-state index in [9.17, 15) is 19.2 Å². The lowest BCUT2D eigenvalue weighted by atomic mass is 9.81. The van der Waals surface area contributed by atoms with E-state index < -0.39 is 11.9 Å². The molecule has 3 amide bonds. The number of carbonyl (C=O) groups is 4. The molecule has 0 spiro atoms. The van der Waals surface area contributed by atoms with E-state index in [0.29, 0.717) is 25.1 Å². The summed E-state index contributed by atoms with van der Waals surface area (Å²) in [5, 5.41) is 5.62. The predicted octanol–water partition coefficient (Wildman–Crippen LogP) is 0.340. The average Bonchev–Trinajstić information content (AvgIpc) is 2.98. The van der Waals surface area contributed by atoms with Crippen LogP contribution in [0, 0.1) is 5.92 Å². The summed E-state index contributed by atoms with van der Waals surface area (Å²) in [6.07, 6.45) is 2.41. The Balaban J connectivity index is 1.58. The third-order valence-corrected chi connectivity index (χ3v) is 5.69. The highest BCUT2D eigenvalue weighted by molar-refractivity contribution is 6.05. The SMILES string of the molecule is O=CC1CCNCC1c1ccc2c(c1)C(=O)N(C1CCC(=O)NC1=O)C2. The average molecular weight is 355 g/mol. The molecule has 3 unspecified atom stereocenters. The second-order valence-corrected chi connectivity index (χ2v) is 7.22. The Morgan fingerprint density at radius 3 is 2.77 bits per heavy atom. The summed E-state index contributed by atoms with van der Waals surface area (Å²) in [6, 6.07) is 5.17. The van der Waals surface area contributed by atoms with Crippen molar-refractivity contribution in [1.82, 2.24) is 15.5 Å². The molecule has 7 nitrogen and oxygen atoms in total. The third-order valence-electron chi connectivity index (χ3n) is 5.69. The van der Waals surface area contributed by atoms with Gasteiger partial charge in [-0.15, -0.1) is 0 Å². The zero-order valence-corrected chi connectivity index (χ0v) is 14.4. The largest absolute Gasteiger partial charge is 0.322 e. The molecule has 7 heteroatoms. The van der Waals surface area contributed by atoms with E-state index in [-0.39, 0.29) is 30.1 Å². The molecule has 0 aromatic heterocycles. The zero-order valence-electron chi connectivity index (χ0n) is 14.4. The van der Waals surface area contributed by atoms with Crippen molar-refractivity contribution in [2.75, 3.05) is 13.1 Å². The fourth-order valence-corrected chi connectivity index (χ4v) is 4.21. The molecule has 3 heterocycles. The van der Waals surface area contributed by atoms with Crippen LogP contribution < -0.4 is 10.6 Å². The number of benzene rings is 1. The molecule has 3 aliphatic rings. The molecule has 3 aliphatic heterocycles. The van der Waals surface area contributed by atoms with E-state index in [1.165, 1.54) is 0 Å². The number of hydrogen-bond acceptors (Lipinski definition) is 5. The van der Waals surface area contributed by atoms with Crippen LogP contribution in [0.25, 0.3) is 0 Å². The summed E-state index contributed by atoms with van der Waals surface area (Å²) in [5.74, 6) is -0.855. The summed E-state index contributed by atoms with van der Waals surface area (Å²) < 4.78 is 0. The van der Waals surface area contributed by atoms with Crippen LogP contribution in [0.15, 0.2) is 18.2 Å². The molecular formula is C19H21N3O4. The summed E-state index contributed by atoms with van der Waals surface area (Å²) in [5.41, 5.74) is 2.46. The first-order valence-corrected chi connectivity index (χ1v) is 9.02. The van der Waals surface area contributed by atoms with Crippen LogP contribution in [-0.4, -0.2) is 48.0 Å². The van der Waals surface area contributed by atoms with E-state index in [2.05, 4.69) is 10.6 Å². The fraction of sp³-hybridized carbons (Fsp3) is 0.474. The normalized spacial score (nSPS) is 28.7. The summed E-state index contributed by atoms with van der Waals surface area (Å²) >= 11 is 0. The quantitative estimate of drug-likeness (QED) is 0.602. The lowest BCUT2D eigenvalue weighted by molar-refractivity contribution is -0.136. The van der Waals surface area contributed by atoms with Gasteiger partial charge in [-0.05, 0) is 36.6 Å². The van der Waals surface area contributed by atoms with Crippen molar-refractivity contribution >= 4 is 24.0 Å². The minimum atomic E-state index is -0.602. The highest BCUT2D eigenvalue weighted by Crippen LogP contribution is 2.33. The van der Waals surface area contributed by atoms with Gasteiger partial charge in [0.15, 0.2) is 0 Å². The Kier molecular flexibility index (Phi) is 4.32. The molecule has 2 fully saturated rings. The standard InChI is InChI=1S/C19H21N3O4/c23-10-13-5-6-20-8-15(13)11-1-2-12-9-22(19(26)14(12)7-11)16-3-4-17(24)21-18(16)25/h1-2,7,10,13,15-16,20H,3-6,8-9H2,(H,21,24,25). The maximum Gasteiger partial charge on any atom is 0.255 e. The Hall–Kier alpha value is -2.54. The minimum absolute atomic E-state index is 0.0444. The molecule has 0 bridgehead atoms. The van der Waals surface area contributed by atoms with Crippen LogP contribution >= 0.6 is 0 Å². The van der Waals surface area contributed by atoms with Crippen molar-refractivity contribution in [1.29, 1.82) is 0 Å². The van der Waals surface area contributed by atoms with Crippen LogP contribution in [0.3, 0.4) is 0 Å². The van der Waals surface area contributed by atoms with Crippen molar-refractivity contribution in [3.05, 3.63) is 34.9 Å². The van der Waals surface area contributed by atoms with E-state index in [0.717, 1.165) is 30.4 Å². The van der Waals surface area contributed by atoms with Crippen molar-refractivity contribution < 1.29 is 19.2 Å². The second-order valence-electron chi connectivity index (χ2n) is 7.22. The number of imide groups is 1. The Morgan fingerprint density at radius 2 is 2.00 bits per heavy atom. The van der Waals surface area contributed by atoms with Crippen molar-refractivity contribution in [2.45, 2.75) is 37.8 Å². The molecule has 136 valence electrons. The maximum absolute atomic E-state index is 12.9. The first kappa shape index (κ1) is 16.9. The number of piperidine rings is 2. The highest BCUT2D eigenvalue weighted by atomic mass is 16.2. The molecule has 1 aromatic carbocycles. The van der Waals surface area contributed by atoms with Gasteiger partial charge in [-0.3, -0.25) is 19.7 Å². The lowest BCUT2D eigenvalue weighted by Crippen LogP contribution is -2.52. The van der Waals surface area contributed by atoms with Crippen LogP contribution in [-0.2, 0) is 20.9 Å². The van der Waals surface area contributed by atoms with E-state index in [1.807, 2.05) is 18.2 Å². The van der Waals surface area contributed by atoms with E-state index >= 15 is 0 Å². The molecule has 2 saturated heterocycles. The first-order valence-electron chi connectivity index (χ1n) is 9.02. The molecule has 0 saturated carbocycles. The van der Waals surface area contributed by atoms with Gasteiger partial charge < -0.3 is 15.0 Å². The van der Waals surface area contributed by atoms with Gasteiger partial charge in [-0.1, -0.05) is 12.1 Å². The smallest absolute Gasteiger partial charge is 0.255 e. The maximum atomic E-state index is 12.9. The van der Waals surface area contributed by atoms with Gasteiger partial charge in [0.2, 0.25) is 11.8 Å². The number of nitrogens with zero attached hydrogens (tertiary/aromatic N) is 1. The number of carbonyl (C=O) groups excluding carboxylic acids is 4. The Bertz CT molecular complexity index is 791. The summed E-state index contributed by atoms with van der Waals surface area (Å²) in [7, 11) is 0. The zero-order chi connectivity index (χ0) is 18.3. The van der Waals surface area contributed by atoms with Gasteiger partial charge >= 0.3 is 0 Å². The van der Waals surface area contributed by atoms with Crippen LogP contribution in [0.1, 0.15) is 46.7 Å². The number of hydrogen-bond donors (Lipinski definition) is 2. The number of nitrogens with one attached hydrogen (secondary N) is 2. The summed E-state index contributed by atoms with van der Waals surface area (Å²) in [4.78, 5) is 49.3. The second kappa shape index (κ2) is 6.64. The topological polar surface area (TPSA) is 95.6 Å². The van der Waals surface area contributed by atoms with Gasteiger partial charge in [0.05, 0.1) is 0 Å². The molecule has 1 aromatic rings. The number of amides is 3. The number of aldehydes is 1. The fourth-order valence-electron chi connectivity index (χ4n) is 4.21. The first-order chi connectivity index (χ1) is 12.6. The van der Waals surface area contributed by atoms with Crippen molar-refractivity contribution in [2.24, 2.45) is 5.92 Å². The highest BCUT2D eigenvalue weighted by Gasteiger charge is 2.39. The molecule has 3 atom stereocenters. The van der Waals surface area contributed by atoms with Crippen LogP contribution in [0.5, 0.6) is 0 Å². The Morgan fingerprint density at radius 1 is 1.15 bits per heavy atom. The monoisotopic (exact) mass is 355 g/mol. The van der Waals surface area contributed by atoms with Gasteiger partial charge in [0.1, 0.15) is 12.3 Å². The van der Waals surface area contributed by atoms with Crippen molar-refractivity contribution in [3.8, 4) is 0 Å². The molecular weight excluding hydrogens is 334 g/mol. The third kappa shape index (κ3) is 2.82. The van der Waals surface area contributed by atoms with E-state index in [1.54, 1.807) is 4.90 Å². The van der Waals surface area contributed by atoms with Crippen LogP contribution in [0.2, 0.25) is 0 Å². The predicted molar refractivity (Wildman–Crippen MR) is 92.3 cm³/mol. The Labute approximate surface area is 151 Å². The van der Waals surface area contributed by atoms with Gasteiger partial charge in [0.25, 0.3) is 5.91 Å². The number of rotatable bonds is 3. The molecule has 4 rings (SSSR count). The number of fused-ring (bicyclic) bond motifs is 1. The van der Waals surface area contributed by atoms with Crippen LogP contribution in [0.4, 0.5) is 0 Å². The molecule has 26 heavy (non-hydrogen) atoms. The van der Waals surface area contributed by atoms with E-state index in [4.69, 9.17) is 0 Å². The van der Waals surface area contributed by atoms with Gasteiger partial charge in [-0.25, -0.2) is 0 Å².